The Morgan fingerprint density at radius 1 is 1.53 bits per heavy atom. The standard InChI is InChI=1S/C10H9ClN2O2/c11-10-8-3-1-2-7(4-5-9(14)15)13(8)6-12-10/h1-3,6H,4-5H2,(H,14,15). The first kappa shape index (κ1) is 9.98. The third kappa shape index (κ3) is 1.94. The van der Waals surface area contributed by atoms with E-state index >= 15 is 0 Å². The monoisotopic (exact) mass is 224 g/mol. The van der Waals surface area contributed by atoms with E-state index in [9.17, 15) is 4.79 Å². The molecule has 0 saturated carbocycles. The number of aliphatic carboxylic acids is 1. The molecule has 0 aliphatic heterocycles. The van der Waals surface area contributed by atoms with E-state index in [-0.39, 0.29) is 6.42 Å². The summed E-state index contributed by atoms with van der Waals surface area (Å²) in [4.78, 5) is 14.4. The number of nitrogens with zero attached hydrogens (tertiary/aromatic N) is 2. The van der Waals surface area contributed by atoms with Gasteiger partial charge in [-0.2, -0.15) is 0 Å². The highest BCUT2D eigenvalue weighted by Crippen LogP contribution is 2.17. The molecule has 0 radical (unpaired) electrons. The molecule has 2 rings (SSSR count). The van der Waals surface area contributed by atoms with Crippen molar-refractivity contribution in [1.82, 2.24) is 9.38 Å². The molecule has 0 amide bonds. The number of hydrogen-bond acceptors (Lipinski definition) is 2. The molecule has 0 aromatic carbocycles. The first-order valence-electron chi connectivity index (χ1n) is 4.51. The van der Waals surface area contributed by atoms with Crippen molar-refractivity contribution in [2.75, 3.05) is 0 Å². The number of imidazole rings is 1. The van der Waals surface area contributed by atoms with Gasteiger partial charge in [0.2, 0.25) is 0 Å². The number of carboxylic acids is 1. The molecule has 4 nitrogen and oxygen atoms in total. The van der Waals surface area contributed by atoms with Crippen LogP contribution in [-0.2, 0) is 11.2 Å². The Morgan fingerprint density at radius 2 is 2.33 bits per heavy atom. The second-order valence-electron chi connectivity index (χ2n) is 3.20. The summed E-state index contributed by atoms with van der Waals surface area (Å²) in [6.07, 6.45) is 2.18. The molecular weight excluding hydrogens is 216 g/mol. The fourth-order valence-electron chi connectivity index (χ4n) is 1.48. The predicted octanol–water partition coefficient (Wildman–Crippen LogP) is 2.00. The maximum absolute atomic E-state index is 10.5. The highest BCUT2D eigenvalue weighted by atomic mass is 35.5. The molecule has 0 unspecified atom stereocenters. The van der Waals surface area contributed by atoms with Crippen LogP contribution in [0.4, 0.5) is 0 Å². The minimum absolute atomic E-state index is 0.106. The van der Waals surface area contributed by atoms with Gasteiger partial charge in [0.05, 0.1) is 11.9 Å². The van der Waals surface area contributed by atoms with Gasteiger partial charge < -0.3 is 9.51 Å². The lowest BCUT2D eigenvalue weighted by atomic mass is 10.2. The van der Waals surface area contributed by atoms with Gasteiger partial charge in [-0.1, -0.05) is 17.7 Å². The van der Waals surface area contributed by atoms with Gasteiger partial charge in [0.25, 0.3) is 0 Å². The first-order valence-corrected chi connectivity index (χ1v) is 4.88. The lowest BCUT2D eigenvalue weighted by Crippen LogP contribution is -2.01. The second-order valence-corrected chi connectivity index (χ2v) is 3.56. The summed E-state index contributed by atoms with van der Waals surface area (Å²) < 4.78 is 1.81. The van der Waals surface area contributed by atoms with E-state index in [0.717, 1.165) is 11.2 Å². The normalized spacial score (nSPS) is 10.7. The molecular formula is C10H9ClN2O2. The number of carbonyl (C=O) groups is 1. The number of aromatic nitrogens is 2. The summed E-state index contributed by atoms with van der Waals surface area (Å²) in [5, 5.41) is 9.04. The lowest BCUT2D eigenvalue weighted by molar-refractivity contribution is -0.136. The third-order valence-electron chi connectivity index (χ3n) is 2.20. The zero-order chi connectivity index (χ0) is 10.8. The molecule has 0 bridgehead atoms. The topological polar surface area (TPSA) is 54.6 Å². The smallest absolute Gasteiger partial charge is 0.303 e. The zero-order valence-corrected chi connectivity index (χ0v) is 8.61. The van der Waals surface area contributed by atoms with Crippen LogP contribution in [0.5, 0.6) is 0 Å². The Kier molecular flexibility index (Phi) is 2.60. The minimum Gasteiger partial charge on any atom is -0.481 e. The lowest BCUT2D eigenvalue weighted by Gasteiger charge is -2.03. The summed E-state index contributed by atoms with van der Waals surface area (Å²) in [6.45, 7) is 0. The van der Waals surface area contributed by atoms with Crippen molar-refractivity contribution in [2.24, 2.45) is 0 Å². The van der Waals surface area contributed by atoms with Crippen molar-refractivity contribution in [1.29, 1.82) is 0 Å². The molecule has 0 saturated heterocycles. The molecule has 0 atom stereocenters. The number of rotatable bonds is 3. The summed E-state index contributed by atoms with van der Waals surface area (Å²) >= 11 is 5.86. The average molecular weight is 225 g/mol. The van der Waals surface area contributed by atoms with Gasteiger partial charge in [-0.15, -0.1) is 0 Å². The minimum atomic E-state index is -0.807. The van der Waals surface area contributed by atoms with E-state index in [2.05, 4.69) is 4.98 Å². The van der Waals surface area contributed by atoms with Crippen molar-refractivity contribution < 1.29 is 9.90 Å². The summed E-state index contributed by atoms with van der Waals surface area (Å²) in [6, 6.07) is 5.56. The van der Waals surface area contributed by atoms with Gasteiger partial charge in [-0.05, 0) is 18.6 Å². The predicted molar refractivity (Wildman–Crippen MR) is 56.2 cm³/mol. The molecule has 15 heavy (non-hydrogen) atoms. The van der Waals surface area contributed by atoms with Crippen molar-refractivity contribution in [3.8, 4) is 0 Å². The van der Waals surface area contributed by atoms with E-state index in [1.54, 1.807) is 6.33 Å². The SMILES string of the molecule is O=C(O)CCc1cccc2c(Cl)ncn12. The van der Waals surface area contributed by atoms with Crippen LogP contribution >= 0.6 is 11.6 Å². The van der Waals surface area contributed by atoms with Gasteiger partial charge in [0, 0.05) is 5.69 Å². The molecule has 0 aliphatic rings. The zero-order valence-electron chi connectivity index (χ0n) is 7.85. The van der Waals surface area contributed by atoms with E-state index in [1.165, 1.54) is 0 Å². The van der Waals surface area contributed by atoms with Gasteiger partial charge in [0.15, 0.2) is 5.15 Å². The maximum Gasteiger partial charge on any atom is 0.303 e. The van der Waals surface area contributed by atoms with E-state index < -0.39 is 5.97 Å². The molecule has 78 valence electrons. The molecule has 2 heterocycles. The Hall–Kier alpha value is -1.55. The van der Waals surface area contributed by atoms with Crippen molar-refractivity contribution in [2.45, 2.75) is 12.8 Å². The number of carboxylic acid groups (broad SMARTS) is 1. The molecule has 1 N–H and O–H groups in total. The molecule has 0 spiro atoms. The van der Waals surface area contributed by atoms with Crippen molar-refractivity contribution in [3.05, 3.63) is 35.4 Å². The van der Waals surface area contributed by atoms with Gasteiger partial charge in [0.1, 0.15) is 6.33 Å². The fraction of sp³-hybridized carbons (Fsp3) is 0.200. The summed E-state index contributed by atoms with van der Waals surface area (Å²) in [7, 11) is 0. The Morgan fingerprint density at radius 3 is 3.07 bits per heavy atom. The van der Waals surface area contributed by atoms with Crippen LogP contribution in [0.25, 0.3) is 5.52 Å². The maximum atomic E-state index is 10.5. The van der Waals surface area contributed by atoms with Gasteiger partial charge in [-0.25, -0.2) is 4.98 Å². The quantitative estimate of drug-likeness (QED) is 0.868. The summed E-state index contributed by atoms with van der Waals surface area (Å²) in [5.74, 6) is -0.807. The van der Waals surface area contributed by atoms with E-state index in [1.807, 2.05) is 22.6 Å². The number of hydrogen-bond donors (Lipinski definition) is 1. The Labute approximate surface area is 91.1 Å². The van der Waals surface area contributed by atoms with Crippen LogP contribution in [0.3, 0.4) is 0 Å². The van der Waals surface area contributed by atoms with Crippen LogP contribution < -0.4 is 0 Å². The number of aryl methyl sites for hydroxylation is 1. The second kappa shape index (κ2) is 3.90. The average Bonchev–Trinajstić information content (AvgIpc) is 2.58. The van der Waals surface area contributed by atoms with E-state index in [4.69, 9.17) is 16.7 Å². The molecule has 5 heteroatoms. The highest BCUT2D eigenvalue weighted by Gasteiger charge is 2.06. The van der Waals surface area contributed by atoms with Crippen LogP contribution in [0.1, 0.15) is 12.1 Å². The molecule has 2 aromatic heterocycles. The van der Waals surface area contributed by atoms with E-state index in [0.29, 0.717) is 11.6 Å². The molecule has 2 aromatic rings. The summed E-state index contributed by atoms with van der Waals surface area (Å²) in [5.41, 5.74) is 1.70. The van der Waals surface area contributed by atoms with Crippen LogP contribution in [0.15, 0.2) is 24.5 Å². The third-order valence-corrected chi connectivity index (χ3v) is 2.50. The Balaban J connectivity index is 2.38. The number of pyridine rings is 1. The molecule has 0 aliphatic carbocycles. The Bertz CT molecular complexity index is 507. The van der Waals surface area contributed by atoms with Crippen LogP contribution in [0, 0.1) is 0 Å². The fourth-order valence-corrected chi connectivity index (χ4v) is 1.68. The first-order chi connectivity index (χ1) is 7.18. The van der Waals surface area contributed by atoms with Crippen LogP contribution in [-0.4, -0.2) is 20.5 Å². The van der Waals surface area contributed by atoms with Crippen LogP contribution in [0.2, 0.25) is 5.15 Å². The molecule has 0 fully saturated rings. The largest absolute Gasteiger partial charge is 0.481 e. The highest BCUT2D eigenvalue weighted by molar-refractivity contribution is 6.32. The van der Waals surface area contributed by atoms with Gasteiger partial charge in [-0.3, -0.25) is 4.79 Å². The number of fused-ring (bicyclic) bond motifs is 1. The van der Waals surface area contributed by atoms with Gasteiger partial charge >= 0.3 is 5.97 Å². The number of halogens is 1. The van der Waals surface area contributed by atoms with Crippen molar-refractivity contribution in [3.63, 3.8) is 0 Å². The van der Waals surface area contributed by atoms with Crippen molar-refractivity contribution >= 4 is 23.1 Å².